The van der Waals surface area contributed by atoms with Crippen molar-refractivity contribution in [1.82, 2.24) is 4.98 Å². The average Bonchev–Trinajstić information content (AvgIpc) is 2.61. The molecule has 0 fully saturated rings. The molecule has 0 saturated heterocycles. The van der Waals surface area contributed by atoms with E-state index < -0.39 is 0 Å². The second-order valence-electron chi connectivity index (χ2n) is 5.81. The van der Waals surface area contributed by atoms with Gasteiger partial charge in [0.2, 0.25) is 12.3 Å². The van der Waals surface area contributed by atoms with Gasteiger partial charge in [-0.25, -0.2) is 0 Å². The zero-order chi connectivity index (χ0) is 18.5. The summed E-state index contributed by atoms with van der Waals surface area (Å²) in [6.45, 7) is 2.52. The van der Waals surface area contributed by atoms with Crippen LogP contribution in [0.4, 0.5) is 0 Å². The van der Waals surface area contributed by atoms with Gasteiger partial charge in [0, 0.05) is 28.4 Å². The molecule has 3 aromatic rings. The summed E-state index contributed by atoms with van der Waals surface area (Å²) in [5, 5.41) is 0.859. The van der Waals surface area contributed by atoms with Gasteiger partial charge in [-0.15, -0.1) is 0 Å². The first-order chi connectivity index (χ1) is 12.5. The Morgan fingerprint density at radius 2 is 1.88 bits per heavy atom. The quantitative estimate of drug-likeness (QED) is 0.463. The Morgan fingerprint density at radius 1 is 1.12 bits per heavy atom. The van der Waals surface area contributed by atoms with Crippen LogP contribution in [0.5, 0.6) is 5.75 Å². The van der Waals surface area contributed by atoms with E-state index in [1.54, 1.807) is 35.2 Å². The third-order valence-corrected chi connectivity index (χ3v) is 4.30. The second kappa shape index (κ2) is 8.30. The van der Waals surface area contributed by atoms with Crippen molar-refractivity contribution < 1.29 is 14.1 Å². The number of aryl methyl sites for hydroxylation is 1. The van der Waals surface area contributed by atoms with Crippen molar-refractivity contribution in [2.45, 2.75) is 20.1 Å². The highest BCUT2D eigenvalue weighted by Crippen LogP contribution is 2.21. The predicted molar refractivity (Wildman–Crippen MR) is 101 cm³/mol. The maximum absolute atomic E-state index is 12.4. The lowest BCUT2D eigenvalue weighted by atomic mass is 10.1. The number of ketones is 1. The molecule has 0 bridgehead atoms. The third-order valence-electron chi connectivity index (χ3n) is 3.75. The number of carbonyl (C=O) groups excluding carboxylic acids is 1. The molecule has 0 aliphatic carbocycles. The fourth-order valence-electron chi connectivity index (χ4n) is 2.45. The van der Waals surface area contributed by atoms with Crippen LogP contribution in [-0.4, -0.2) is 10.8 Å². The van der Waals surface area contributed by atoms with Crippen molar-refractivity contribution in [1.29, 1.82) is 0 Å². The Balaban J connectivity index is 1.61. The fraction of sp³-hybridized carbons (Fsp3) is 0.150. The Hall–Kier alpha value is -2.43. The van der Waals surface area contributed by atoms with Gasteiger partial charge < -0.3 is 4.74 Å². The number of aromatic nitrogens is 2. The highest BCUT2D eigenvalue weighted by molar-refractivity contribution is 6.36. The minimum absolute atomic E-state index is 0.0886. The average molecular weight is 388 g/mol. The Bertz CT molecular complexity index is 927. The molecule has 0 N–H and O–H groups in total. The zero-order valence-corrected chi connectivity index (χ0v) is 15.7. The van der Waals surface area contributed by atoms with Crippen LogP contribution in [0.1, 0.15) is 21.7 Å². The van der Waals surface area contributed by atoms with Crippen LogP contribution in [0.2, 0.25) is 10.0 Å². The van der Waals surface area contributed by atoms with Crippen LogP contribution >= 0.6 is 23.2 Å². The Morgan fingerprint density at radius 3 is 2.58 bits per heavy atom. The van der Waals surface area contributed by atoms with Gasteiger partial charge in [-0.1, -0.05) is 29.3 Å². The summed E-state index contributed by atoms with van der Waals surface area (Å²) in [6, 6.07) is 14.3. The summed E-state index contributed by atoms with van der Waals surface area (Å²) >= 11 is 11.9. The number of hydrogen-bond donors (Lipinski definition) is 0. The van der Waals surface area contributed by atoms with Crippen LogP contribution in [-0.2, 0) is 13.2 Å². The molecule has 0 unspecified atom stereocenters. The largest absolute Gasteiger partial charge is 0.487 e. The molecular formula is C20H17Cl2N2O2+. The molecule has 2 heterocycles. The zero-order valence-electron chi connectivity index (χ0n) is 14.2. The Labute approximate surface area is 162 Å². The van der Waals surface area contributed by atoms with Crippen molar-refractivity contribution in [3.8, 4) is 5.75 Å². The molecule has 0 aliphatic rings. The first kappa shape index (κ1) is 18.4. The van der Waals surface area contributed by atoms with Crippen LogP contribution in [0.25, 0.3) is 0 Å². The van der Waals surface area contributed by atoms with E-state index in [1.165, 1.54) is 0 Å². The number of nitrogens with zero attached hydrogens (tertiary/aromatic N) is 2. The van der Waals surface area contributed by atoms with Gasteiger partial charge in [-0.05, 0) is 37.3 Å². The molecule has 132 valence electrons. The molecule has 0 atom stereocenters. The van der Waals surface area contributed by atoms with E-state index in [1.807, 2.05) is 37.3 Å². The summed E-state index contributed by atoms with van der Waals surface area (Å²) in [5.41, 5.74) is 2.28. The van der Waals surface area contributed by atoms with Crippen LogP contribution in [0.15, 0.2) is 60.9 Å². The molecule has 0 radical (unpaired) electrons. The summed E-state index contributed by atoms with van der Waals surface area (Å²) < 4.78 is 7.50. The molecule has 2 aromatic heterocycles. The number of pyridine rings is 2. The van der Waals surface area contributed by atoms with E-state index in [-0.39, 0.29) is 12.3 Å². The van der Waals surface area contributed by atoms with Crippen molar-refractivity contribution in [2.24, 2.45) is 0 Å². The van der Waals surface area contributed by atoms with E-state index in [2.05, 4.69) is 4.98 Å². The molecular weight excluding hydrogens is 371 g/mol. The number of hydrogen-bond acceptors (Lipinski definition) is 3. The highest BCUT2D eigenvalue weighted by atomic mass is 35.5. The normalized spacial score (nSPS) is 10.6. The minimum atomic E-state index is -0.0886. The lowest BCUT2D eigenvalue weighted by Crippen LogP contribution is -2.37. The maximum atomic E-state index is 12.4. The van der Waals surface area contributed by atoms with Gasteiger partial charge in [0.1, 0.15) is 12.4 Å². The first-order valence-electron chi connectivity index (χ1n) is 8.04. The van der Waals surface area contributed by atoms with Gasteiger partial charge in [0.15, 0.2) is 12.4 Å². The van der Waals surface area contributed by atoms with Crippen LogP contribution in [0, 0.1) is 6.92 Å². The van der Waals surface area contributed by atoms with Gasteiger partial charge >= 0.3 is 0 Å². The number of benzene rings is 1. The Kier molecular flexibility index (Phi) is 5.86. The smallest absolute Gasteiger partial charge is 0.229 e. The SMILES string of the molecule is Cc1cccc(COc2cc[n+](CC(=O)c3ccc(Cl)cc3Cl)cc2)n1. The van der Waals surface area contributed by atoms with Gasteiger partial charge in [-0.3, -0.25) is 9.78 Å². The standard InChI is InChI=1S/C20H17Cl2N2O2/c1-14-3-2-4-16(23-14)13-26-17-7-9-24(10-8-17)12-20(25)18-6-5-15(21)11-19(18)22/h2-11H,12-13H2,1H3/q+1. The number of carbonyl (C=O) groups is 1. The van der Waals surface area contributed by atoms with E-state index in [9.17, 15) is 4.79 Å². The number of rotatable bonds is 6. The number of Topliss-reactive ketones (excluding diaryl/α,β-unsaturated/α-hetero) is 1. The predicted octanol–water partition coefficient (Wildman–Crippen LogP) is 4.45. The third kappa shape index (κ3) is 4.81. The second-order valence-corrected chi connectivity index (χ2v) is 6.66. The molecule has 0 amide bonds. The van der Waals surface area contributed by atoms with Gasteiger partial charge in [0.25, 0.3) is 0 Å². The molecule has 3 rings (SSSR count). The molecule has 4 nitrogen and oxygen atoms in total. The monoisotopic (exact) mass is 387 g/mol. The van der Waals surface area contributed by atoms with Crippen molar-refractivity contribution in [2.75, 3.05) is 0 Å². The van der Waals surface area contributed by atoms with E-state index in [0.717, 1.165) is 11.4 Å². The first-order valence-corrected chi connectivity index (χ1v) is 8.79. The van der Waals surface area contributed by atoms with Crippen molar-refractivity contribution >= 4 is 29.0 Å². The van der Waals surface area contributed by atoms with E-state index >= 15 is 0 Å². The molecule has 6 heteroatoms. The summed E-state index contributed by atoms with van der Waals surface area (Å²) in [5.74, 6) is 0.621. The fourth-order valence-corrected chi connectivity index (χ4v) is 2.96. The molecule has 0 saturated carbocycles. The van der Waals surface area contributed by atoms with Crippen molar-refractivity contribution in [3.63, 3.8) is 0 Å². The molecule has 1 aromatic carbocycles. The lowest BCUT2D eigenvalue weighted by Gasteiger charge is -2.06. The highest BCUT2D eigenvalue weighted by Gasteiger charge is 2.15. The topological polar surface area (TPSA) is 43.1 Å². The summed E-state index contributed by atoms with van der Waals surface area (Å²) in [6.07, 6.45) is 3.58. The lowest BCUT2D eigenvalue weighted by molar-refractivity contribution is -0.683. The van der Waals surface area contributed by atoms with Crippen LogP contribution < -0.4 is 9.30 Å². The van der Waals surface area contributed by atoms with E-state index in [0.29, 0.717) is 28.0 Å². The molecule has 0 aliphatic heterocycles. The number of ether oxygens (including phenoxy) is 1. The molecule has 0 spiro atoms. The van der Waals surface area contributed by atoms with Gasteiger partial charge in [0.05, 0.1) is 10.7 Å². The minimum Gasteiger partial charge on any atom is -0.487 e. The summed E-state index contributed by atoms with van der Waals surface area (Å²) in [7, 11) is 0. The van der Waals surface area contributed by atoms with Crippen LogP contribution in [0.3, 0.4) is 0 Å². The van der Waals surface area contributed by atoms with Crippen molar-refractivity contribution in [3.05, 3.63) is 87.9 Å². The summed E-state index contributed by atoms with van der Waals surface area (Å²) in [4.78, 5) is 16.8. The maximum Gasteiger partial charge on any atom is 0.229 e. The molecule has 26 heavy (non-hydrogen) atoms. The number of halogens is 2. The van der Waals surface area contributed by atoms with Gasteiger partial charge in [-0.2, -0.15) is 4.57 Å². The van der Waals surface area contributed by atoms with E-state index in [4.69, 9.17) is 27.9 Å².